The third-order valence-corrected chi connectivity index (χ3v) is 6.27. The molecule has 2 atom stereocenters. The smallest absolute Gasteiger partial charge is 0.226 e. The van der Waals surface area contributed by atoms with Crippen molar-refractivity contribution in [1.29, 1.82) is 0 Å². The molecule has 0 bridgehead atoms. The van der Waals surface area contributed by atoms with Crippen molar-refractivity contribution >= 4 is 5.91 Å². The van der Waals surface area contributed by atoms with Gasteiger partial charge in [-0.1, -0.05) is 18.6 Å². The summed E-state index contributed by atoms with van der Waals surface area (Å²) in [4.78, 5) is 17.4. The Morgan fingerprint density at radius 2 is 2.12 bits per heavy atom. The molecule has 3 aliphatic heterocycles. The van der Waals surface area contributed by atoms with Crippen molar-refractivity contribution in [3.8, 4) is 5.75 Å². The van der Waals surface area contributed by atoms with Gasteiger partial charge in [0.1, 0.15) is 5.75 Å². The summed E-state index contributed by atoms with van der Waals surface area (Å²) in [6.45, 7) is 4.20. The molecule has 1 amide bonds. The van der Waals surface area contributed by atoms with Gasteiger partial charge < -0.3 is 14.5 Å². The molecule has 0 saturated carbocycles. The number of fused-ring (bicyclic) bond motifs is 2. The molecule has 0 radical (unpaired) electrons. The summed E-state index contributed by atoms with van der Waals surface area (Å²) in [6, 6.07) is 6.91. The second-order valence-corrected chi connectivity index (χ2v) is 7.99. The van der Waals surface area contributed by atoms with E-state index in [4.69, 9.17) is 4.74 Å². The predicted octanol–water partition coefficient (Wildman–Crippen LogP) is 2.89. The van der Waals surface area contributed by atoms with Crippen LogP contribution in [0.3, 0.4) is 0 Å². The predicted molar refractivity (Wildman–Crippen MR) is 98.9 cm³/mol. The third kappa shape index (κ3) is 3.69. The Labute approximate surface area is 151 Å². The molecular formula is C21H30N2O2. The molecular weight excluding hydrogens is 312 g/mol. The standard InChI is InChI=1S/C21H30N2O2/c1-22(15-18-5-4-11-23-10-3-2-6-19(18)23)21(24)14-16-7-8-20-17(13-16)9-12-25-20/h7-8,13,18-19H,2-6,9-12,14-15H2,1H3. The van der Waals surface area contributed by atoms with Crippen LogP contribution in [-0.4, -0.2) is 55.0 Å². The number of amides is 1. The second-order valence-electron chi connectivity index (χ2n) is 7.99. The summed E-state index contributed by atoms with van der Waals surface area (Å²) < 4.78 is 5.56. The maximum absolute atomic E-state index is 12.7. The number of ether oxygens (including phenoxy) is 1. The van der Waals surface area contributed by atoms with E-state index in [2.05, 4.69) is 11.0 Å². The molecule has 3 heterocycles. The van der Waals surface area contributed by atoms with Gasteiger partial charge in [-0.3, -0.25) is 4.79 Å². The van der Waals surface area contributed by atoms with Crippen molar-refractivity contribution in [3.05, 3.63) is 29.3 Å². The Kier molecular flexibility index (Phi) is 4.98. The van der Waals surface area contributed by atoms with Crippen LogP contribution in [0.15, 0.2) is 18.2 Å². The number of hydrogen-bond donors (Lipinski definition) is 0. The summed E-state index contributed by atoms with van der Waals surface area (Å²) in [5.74, 6) is 1.88. The molecule has 1 aromatic rings. The van der Waals surface area contributed by atoms with Crippen molar-refractivity contribution in [2.75, 3.05) is 33.3 Å². The maximum Gasteiger partial charge on any atom is 0.226 e. The average Bonchev–Trinajstić information content (AvgIpc) is 3.10. The zero-order chi connectivity index (χ0) is 17.2. The summed E-state index contributed by atoms with van der Waals surface area (Å²) in [5, 5.41) is 0. The highest BCUT2D eigenvalue weighted by molar-refractivity contribution is 5.78. The van der Waals surface area contributed by atoms with E-state index in [1.807, 2.05) is 24.1 Å². The van der Waals surface area contributed by atoms with Crippen molar-refractivity contribution < 1.29 is 9.53 Å². The molecule has 0 aromatic heterocycles. The van der Waals surface area contributed by atoms with E-state index in [0.717, 1.165) is 30.9 Å². The quantitative estimate of drug-likeness (QED) is 0.843. The Morgan fingerprint density at radius 3 is 3.04 bits per heavy atom. The summed E-state index contributed by atoms with van der Waals surface area (Å²) in [6.07, 6.45) is 8.05. The number of carbonyl (C=O) groups excluding carboxylic acids is 1. The van der Waals surface area contributed by atoms with Gasteiger partial charge in [0.05, 0.1) is 13.0 Å². The van der Waals surface area contributed by atoms with Crippen LogP contribution in [0.5, 0.6) is 5.75 Å². The Bertz CT molecular complexity index is 628. The summed E-state index contributed by atoms with van der Waals surface area (Å²) >= 11 is 0. The van der Waals surface area contributed by atoms with Crippen LogP contribution < -0.4 is 4.74 Å². The highest BCUT2D eigenvalue weighted by Gasteiger charge is 2.34. The Hall–Kier alpha value is -1.55. The van der Waals surface area contributed by atoms with Gasteiger partial charge in [0.2, 0.25) is 5.91 Å². The van der Waals surface area contributed by atoms with Gasteiger partial charge in [-0.2, -0.15) is 0 Å². The van der Waals surface area contributed by atoms with Gasteiger partial charge in [-0.05, 0) is 61.9 Å². The van der Waals surface area contributed by atoms with E-state index in [1.54, 1.807) is 0 Å². The number of benzene rings is 1. The van der Waals surface area contributed by atoms with Crippen molar-refractivity contribution in [2.45, 2.75) is 51.0 Å². The van der Waals surface area contributed by atoms with Gasteiger partial charge in [-0.25, -0.2) is 0 Å². The largest absolute Gasteiger partial charge is 0.493 e. The SMILES string of the molecule is CN(CC1CCCN2CCCCC12)C(=O)Cc1ccc2c(c1)CCO2. The number of hydrogen-bond acceptors (Lipinski definition) is 3. The van der Waals surface area contributed by atoms with E-state index in [0.29, 0.717) is 18.4 Å². The first kappa shape index (κ1) is 16.9. The lowest BCUT2D eigenvalue weighted by Gasteiger charge is -2.45. The maximum atomic E-state index is 12.7. The second kappa shape index (κ2) is 7.36. The molecule has 2 saturated heterocycles. The molecule has 4 rings (SSSR count). The number of likely N-dealkylation sites (N-methyl/N-ethyl adjacent to an activating group) is 1. The van der Waals surface area contributed by atoms with Crippen LogP contribution >= 0.6 is 0 Å². The zero-order valence-electron chi connectivity index (χ0n) is 15.4. The highest BCUT2D eigenvalue weighted by atomic mass is 16.5. The lowest BCUT2D eigenvalue weighted by Crippen LogP contribution is -2.51. The molecule has 4 nitrogen and oxygen atoms in total. The van der Waals surface area contributed by atoms with E-state index in [1.165, 1.54) is 50.8 Å². The van der Waals surface area contributed by atoms with Crippen LogP contribution in [-0.2, 0) is 17.6 Å². The molecule has 0 aliphatic carbocycles. The van der Waals surface area contributed by atoms with Gasteiger partial charge in [0.25, 0.3) is 0 Å². The van der Waals surface area contributed by atoms with Crippen LogP contribution in [0, 0.1) is 5.92 Å². The summed E-state index contributed by atoms with van der Waals surface area (Å²) in [5.41, 5.74) is 2.36. The van der Waals surface area contributed by atoms with Crippen molar-refractivity contribution in [2.24, 2.45) is 5.92 Å². The van der Waals surface area contributed by atoms with Gasteiger partial charge >= 0.3 is 0 Å². The first-order valence-electron chi connectivity index (χ1n) is 9.93. The van der Waals surface area contributed by atoms with E-state index >= 15 is 0 Å². The fourth-order valence-corrected chi connectivity index (χ4v) is 4.90. The number of piperidine rings is 2. The van der Waals surface area contributed by atoms with Crippen LogP contribution in [0.25, 0.3) is 0 Å². The Balaban J connectivity index is 1.35. The van der Waals surface area contributed by atoms with Crippen molar-refractivity contribution in [1.82, 2.24) is 9.80 Å². The van der Waals surface area contributed by atoms with Crippen molar-refractivity contribution in [3.63, 3.8) is 0 Å². The molecule has 4 heteroatoms. The van der Waals surface area contributed by atoms with Crippen LogP contribution in [0.2, 0.25) is 0 Å². The lowest BCUT2D eigenvalue weighted by atomic mass is 9.83. The monoisotopic (exact) mass is 342 g/mol. The number of carbonyl (C=O) groups is 1. The molecule has 0 spiro atoms. The minimum absolute atomic E-state index is 0.242. The molecule has 1 aromatic carbocycles. The van der Waals surface area contributed by atoms with E-state index in [-0.39, 0.29) is 5.91 Å². The minimum Gasteiger partial charge on any atom is -0.493 e. The zero-order valence-corrected chi connectivity index (χ0v) is 15.4. The highest BCUT2D eigenvalue weighted by Crippen LogP contribution is 2.31. The van der Waals surface area contributed by atoms with Crippen LogP contribution in [0.1, 0.15) is 43.2 Å². The molecule has 0 N–H and O–H groups in total. The van der Waals surface area contributed by atoms with Crippen LogP contribution in [0.4, 0.5) is 0 Å². The molecule has 2 unspecified atom stereocenters. The summed E-state index contributed by atoms with van der Waals surface area (Å²) in [7, 11) is 1.99. The first-order valence-corrected chi connectivity index (χ1v) is 9.93. The molecule has 2 fully saturated rings. The fourth-order valence-electron chi connectivity index (χ4n) is 4.90. The minimum atomic E-state index is 0.242. The van der Waals surface area contributed by atoms with Gasteiger partial charge in [0, 0.05) is 26.1 Å². The third-order valence-electron chi connectivity index (χ3n) is 6.27. The van der Waals surface area contributed by atoms with E-state index in [9.17, 15) is 4.79 Å². The molecule has 136 valence electrons. The molecule has 3 aliphatic rings. The fraction of sp³-hybridized carbons (Fsp3) is 0.667. The number of nitrogens with zero attached hydrogens (tertiary/aromatic N) is 2. The molecule has 25 heavy (non-hydrogen) atoms. The first-order chi connectivity index (χ1) is 12.2. The number of rotatable bonds is 4. The normalized spacial score (nSPS) is 25.8. The lowest BCUT2D eigenvalue weighted by molar-refractivity contribution is -0.130. The Morgan fingerprint density at radius 1 is 1.24 bits per heavy atom. The van der Waals surface area contributed by atoms with E-state index < -0.39 is 0 Å². The van der Waals surface area contributed by atoms with Gasteiger partial charge in [-0.15, -0.1) is 0 Å². The topological polar surface area (TPSA) is 32.8 Å². The average molecular weight is 342 g/mol. The van der Waals surface area contributed by atoms with Gasteiger partial charge in [0.15, 0.2) is 0 Å².